The molecule has 3 rings (SSSR count). The van der Waals surface area contributed by atoms with Crippen LogP contribution in [0.1, 0.15) is 5.56 Å². The minimum absolute atomic E-state index is 0.163. The molecule has 1 aliphatic heterocycles. The molecule has 1 heterocycles. The lowest BCUT2D eigenvalue weighted by Gasteiger charge is -2.09. The van der Waals surface area contributed by atoms with Gasteiger partial charge in [0.25, 0.3) is 0 Å². The van der Waals surface area contributed by atoms with E-state index in [1.165, 1.54) is 0 Å². The van der Waals surface area contributed by atoms with Gasteiger partial charge in [0.2, 0.25) is 6.79 Å². The minimum atomic E-state index is 0.163. The van der Waals surface area contributed by atoms with Gasteiger partial charge in [0.15, 0.2) is 11.5 Å². The van der Waals surface area contributed by atoms with Gasteiger partial charge in [-0.3, -0.25) is 0 Å². The number of anilines is 1. The molecular formula is C14H13NO4. The molecule has 0 unspecified atom stereocenters. The first-order valence-corrected chi connectivity index (χ1v) is 5.87. The van der Waals surface area contributed by atoms with Crippen molar-refractivity contribution in [2.24, 2.45) is 0 Å². The quantitative estimate of drug-likeness (QED) is 0.738. The smallest absolute Gasteiger partial charge is 0.231 e. The number of hydrogen-bond acceptors (Lipinski definition) is 5. The Kier molecular flexibility index (Phi) is 2.79. The van der Waals surface area contributed by atoms with Crippen LogP contribution in [0.15, 0.2) is 36.4 Å². The first kappa shape index (κ1) is 11.5. The van der Waals surface area contributed by atoms with Crippen LogP contribution in [-0.4, -0.2) is 17.0 Å². The van der Waals surface area contributed by atoms with Gasteiger partial charge in [-0.2, -0.15) is 0 Å². The van der Waals surface area contributed by atoms with Crippen molar-refractivity contribution in [3.05, 3.63) is 42.0 Å². The van der Waals surface area contributed by atoms with Crippen LogP contribution < -0.4 is 14.8 Å². The summed E-state index contributed by atoms with van der Waals surface area (Å²) in [5.41, 5.74) is 1.58. The van der Waals surface area contributed by atoms with E-state index in [1.54, 1.807) is 36.4 Å². The monoisotopic (exact) mass is 259 g/mol. The summed E-state index contributed by atoms with van der Waals surface area (Å²) in [6, 6.07) is 10.0. The summed E-state index contributed by atoms with van der Waals surface area (Å²) < 4.78 is 10.4. The van der Waals surface area contributed by atoms with Crippen LogP contribution >= 0.6 is 0 Å². The van der Waals surface area contributed by atoms with Gasteiger partial charge < -0.3 is 25.0 Å². The molecule has 0 saturated carbocycles. The maximum Gasteiger partial charge on any atom is 0.231 e. The van der Waals surface area contributed by atoms with Gasteiger partial charge in [0.05, 0.1) is 0 Å². The van der Waals surface area contributed by atoms with E-state index in [-0.39, 0.29) is 18.3 Å². The van der Waals surface area contributed by atoms with E-state index >= 15 is 0 Å². The fourth-order valence-corrected chi connectivity index (χ4v) is 1.89. The van der Waals surface area contributed by atoms with Crippen molar-refractivity contribution in [3.63, 3.8) is 0 Å². The lowest BCUT2D eigenvalue weighted by atomic mass is 10.1. The third-order valence-electron chi connectivity index (χ3n) is 2.92. The second-order valence-corrected chi connectivity index (χ2v) is 4.23. The highest BCUT2D eigenvalue weighted by Crippen LogP contribution is 2.37. The number of nitrogens with one attached hydrogen (secondary N) is 1. The molecule has 0 radical (unpaired) electrons. The van der Waals surface area contributed by atoms with E-state index in [4.69, 9.17) is 9.47 Å². The predicted octanol–water partition coefficient (Wildman–Crippen LogP) is 2.44. The zero-order valence-corrected chi connectivity index (χ0v) is 10.1. The summed E-state index contributed by atoms with van der Waals surface area (Å²) in [6.07, 6.45) is 0. The van der Waals surface area contributed by atoms with E-state index in [9.17, 15) is 10.2 Å². The molecule has 0 bridgehead atoms. The fourth-order valence-electron chi connectivity index (χ4n) is 1.89. The highest BCUT2D eigenvalue weighted by atomic mass is 16.7. The van der Waals surface area contributed by atoms with Gasteiger partial charge in [-0.1, -0.05) is 0 Å². The largest absolute Gasteiger partial charge is 0.508 e. The molecule has 0 spiro atoms. The number of rotatable bonds is 3. The molecule has 5 heteroatoms. The molecule has 2 aromatic carbocycles. The van der Waals surface area contributed by atoms with Crippen LogP contribution in [0.5, 0.6) is 23.0 Å². The number of hydrogen-bond donors (Lipinski definition) is 3. The van der Waals surface area contributed by atoms with E-state index in [0.29, 0.717) is 18.0 Å². The van der Waals surface area contributed by atoms with Gasteiger partial charge in [0.1, 0.15) is 11.5 Å². The van der Waals surface area contributed by atoms with Crippen molar-refractivity contribution in [1.82, 2.24) is 0 Å². The molecule has 2 aromatic rings. The van der Waals surface area contributed by atoms with Crippen molar-refractivity contribution in [3.8, 4) is 23.0 Å². The number of fused-ring (bicyclic) bond motifs is 1. The van der Waals surface area contributed by atoms with Crippen LogP contribution in [0, 0.1) is 0 Å². The standard InChI is InChI=1S/C14H13NO4/c16-11-3-1-10(2-4-11)15-7-9-5-13-14(6-12(9)17)19-8-18-13/h1-6,15-17H,7-8H2. The Labute approximate surface area is 110 Å². The average molecular weight is 259 g/mol. The van der Waals surface area contributed by atoms with E-state index in [2.05, 4.69) is 5.32 Å². The second-order valence-electron chi connectivity index (χ2n) is 4.23. The highest BCUT2D eigenvalue weighted by molar-refractivity contribution is 5.53. The summed E-state index contributed by atoms with van der Waals surface area (Å²) in [4.78, 5) is 0. The maximum absolute atomic E-state index is 9.88. The zero-order valence-electron chi connectivity index (χ0n) is 10.1. The Bertz CT molecular complexity index is 595. The molecule has 0 fully saturated rings. The summed E-state index contributed by atoms with van der Waals surface area (Å²) in [6.45, 7) is 0.636. The fraction of sp³-hybridized carbons (Fsp3) is 0.143. The normalized spacial score (nSPS) is 12.4. The molecule has 3 N–H and O–H groups in total. The molecule has 19 heavy (non-hydrogen) atoms. The predicted molar refractivity (Wildman–Crippen MR) is 69.7 cm³/mol. The minimum Gasteiger partial charge on any atom is -0.508 e. The Morgan fingerprint density at radius 1 is 1.00 bits per heavy atom. The first-order chi connectivity index (χ1) is 9.22. The highest BCUT2D eigenvalue weighted by Gasteiger charge is 2.16. The number of aromatic hydroxyl groups is 2. The first-order valence-electron chi connectivity index (χ1n) is 5.87. The Morgan fingerprint density at radius 2 is 1.68 bits per heavy atom. The third-order valence-corrected chi connectivity index (χ3v) is 2.92. The lowest BCUT2D eigenvalue weighted by molar-refractivity contribution is 0.174. The van der Waals surface area contributed by atoms with Gasteiger partial charge in [-0.15, -0.1) is 0 Å². The van der Waals surface area contributed by atoms with Crippen molar-refractivity contribution >= 4 is 5.69 Å². The van der Waals surface area contributed by atoms with Crippen LogP contribution in [0.25, 0.3) is 0 Å². The summed E-state index contributed by atoms with van der Waals surface area (Å²) in [7, 11) is 0. The van der Waals surface area contributed by atoms with Crippen molar-refractivity contribution in [2.75, 3.05) is 12.1 Å². The lowest BCUT2D eigenvalue weighted by Crippen LogP contribution is -1.99. The maximum atomic E-state index is 9.88. The molecule has 98 valence electrons. The number of phenols is 2. The molecule has 0 amide bonds. The molecule has 0 atom stereocenters. The molecule has 0 aliphatic carbocycles. The Balaban J connectivity index is 1.75. The van der Waals surface area contributed by atoms with Crippen molar-refractivity contribution in [1.29, 1.82) is 0 Å². The number of phenolic OH excluding ortho intramolecular Hbond substituents is 2. The summed E-state index contributed by atoms with van der Waals surface area (Å²) in [5.74, 6) is 1.58. The van der Waals surface area contributed by atoms with Crippen LogP contribution in [0.3, 0.4) is 0 Å². The van der Waals surface area contributed by atoms with Gasteiger partial charge in [-0.05, 0) is 30.3 Å². The number of ether oxygens (including phenoxy) is 2. The number of benzene rings is 2. The topological polar surface area (TPSA) is 71.0 Å². The second kappa shape index (κ2) is 4.61. The van der Waals surface area contributed by atoms with Crippen LogP contribution in [0.2, 0.25) is 0 Å². The third kappa shape index (κ3) is 2.35. The zero-order chi connectivity index (χ0) is 13.2. The van der Waals surface area contributed by atoms with Gasteiger partial charge in [0, 0.05) is 23.9 Å². The van der Waals surface area contributed by atoms with E-state index in [0.717, 1.165) is 11.3 Å². The van der Waals surface area contributed by atoms with Gasteiger partial charge >= 0.3 is 0 Å². The van der Waals surface area contributed by atoms with Gasteiger partial charge in [-0.25, -0.2) is 0 Å². The molecular weight excluding hydrogens is 246 g/mol. The average Bonchev–Trinajstić information content (AvgIpc) is 2.85. The summed E-state index contributed by atoms with van der Waals surface area (Å²) in [5, 5.41) is 22.2. The van der Waals surface area contributed by atoms with Crippen molar-refractivity contribution < 1.29 is 19.7 Å². The van der Waals surface area contributed by atoms with Crippen LogP contribution in [0.4, 0.5) is 5.69 Å². The summed E-state index contributed by atoms with van der Waals surface area (Å²) >= 11 is 0. The van der Waals surface area contributed by atoms with E-state index in [1.807, 2.05) is 0 Å². The Morgan fingerprint density at radius 3 is 2.42 bits per heavy atom. The molecule has 0 aromatic heterocycles. The van der Waals surface area contributed by atoms with Crippen molar-refractivity contribution in [2.45, 2.75) is 6.54 Å². The Hall–Kier alpha value is -2.56. The molecule has 0 saturated heterocycles. The van der Waals surface area contributed by atoms with Crippen LogP contribution in [-0.2, 0) is 6.54 Å². The molecule has 1 aliphatic rings. The molecule has 5 nitrogen and oxygen atoms in total. The SMILES string of the molecule is Oc1ccc(NCc2cc3c(cc2O)OCO3)cc1. The van der Waals surface area contributed by atoms with E-state index < -0.39 is 0 Å².